The average molecular weight is 438 g/mol. The molecule has 2 N–H and O–H groups in total. The number of halogens is 1. The zero-order valence-electron chi connectivity index (χ0n) is 15.9. The van der Waals surface area contributed by atoms with Crippen LogP contribution in [0, 0.1) is 6.92 Å². The van der Waals surface area contributed by atoms with Gasteiger partial charge in [-0.1, -0.05) is 41.4 Å². The first-order valence-corrected chi connectivity index (χ1v) is 10.5. The molecule has 0 saturated carbocycles. The molecule has 3 rings (SSSR count). The Kier molecular flexibility index (Phi) is 6.11. The highest BCUT2D eigenvalue weighted by Crippen LogP contribution is 2.36. The van der Waals surface area contributed by atoms with E-state index in [1.807, 2.05) is 31.2 Å². The van der Waals surface area contributed by atoms with Gasteiger partial charge in [0.2, 0.25) is 15.9 Å². The molecular formula is C19H20ClN3O5S. The van der Waals surface area contributed by atoms with Crippen molar-refractivity contribution in [3.63, 3.8) is 0 Å². The maximum atomic E-state index is 12.9. The predicted octanol–water partition coefficient (Wildman–Crippen LogP) is 1.92. The van der Waals surface area contributed by atoms with Crippen LogP contribution in [0.4, 0.5) is 5.69 Å². The van der Waals surface area contributed by atoms with Crippen molar-refractivity contribution in [2.45, 2.75) is 18.4 Å². The highest BCUT2D eigenvalue weighted by molar-refractivity contribution is 7.89. The summed E-state index contributed by atoms with van der Waals surface area (Å²) in [5.74, 6) is -0.606. The lowest BCUT2D eigenvalue weighted by Crippen LogP contribution is -2.38. The molecule has 0 saturated heterocycles. The lowest BCUT2D eigenvalue weighted by molar-refractivity contribution is -0.121. The summed E-state index contributed by atoms with van der Waals surface area (Å²) >= 11 is 6.11. The summed E-state index contributed by atoms with van der Waals surface area (Å²) in [6.07, 6.45) is 0. The van der Waals surface area contributed by atoms with Gasteiger partial charge in [-0.05, 0) is 18.6 Å². The van der Waals surface area contributed by atoms with Crippen LogP contribution in [0.2, 0.25) is 5.02 Å². The van der Waals surface area contributed by atoms with Crippen LogP contribution < -0.4 is 15.4 Å². The van der Waals surface area contributed by atoms with Gasteiger partial charge >= 0.3 is 0 Å². The number of fused-ring (bicyclic) bond motifs is 1. The molecule has 154 valence electrons. The van der Waals surface area contributed by atoms with Crippen molar-refractivity contribution in [2.24, 2.45) is 0 Å². The van der Waals surface area contributed by atoms with E-state index in [1.54, 1.807) is 0 Å². The molecule has 2 aromatic rings. The van der Waals surface area contributed by atoms with Crippen molar-refractivity contribution in [1.29, 1.82) is 0 Å². The van der Waals surface area contributed by atoms with Crippen molar-refractivity contribution in [3.05, 3.63) is 52.5 Å². The molecule has 2 amide bonds. The number of nitrogens with one attached hydrogen (secondary N) is 2. The summed E-state index contributed by atoms with van der Waals surface area (Å²) in [6.45, 7) is 1.66. The van der Waals surface area contributed by atoms with E-state index in [0.717, 1.165) is 15.4 Å². The molecule has 2 aromatic carbocycles. The average Bonchev–Trinajstić information content (AvgIpc) is 2.66. The first-order valence-electron chi connectivity index (χ1n) is 8.71. The molecule has 0 atom stereocenters. The van der Waals surface area contributed by atoms with Gasteiger partial charge in [0.25, 0.3) is 5.91 Å². The summed E-state index contributed by atoms with van der Waals surface area (Å²) in [4.78, 5) is 23.4. The zero-order valence-corrected chi connectivity index (χ0v) is 17.4. The minimum atomic E-state index is -4.05. The highest BCUT2D eigenvalue weighted by Gasteiger charge is 2.28. The first kappa shape index (κ1) is 21.1. The molecule has 0 aliphatic carbocycles. The van der Waals surface area contributed by atoms with Gasteiger partial charge in [-0.2, -0.15) is 4.31 Å². The summed E-state index contributed by atoms with van der Waals surface area (Å²) in [5.41, 5.74) is 2.31. The monoisotopic (exact) mass is 437 g/mol. The predicted molar refractivity (Wildman–Crippen MR) is 108 cm³/mol. The van der Waals surface area contributed by atoms with E-state index in [-0.39, 0.29) is 34.7 Å². The number of amides is 2. The molecule has 8 nitrogen and oxygen atoms in total. The van der Waals surface area contributed by atoms with E-state index in [2.05, 4.69) is 10.6 Å². The Hall–Kier alpha value is -2.62. The minimum Gasteiger partial charge on any atom is -0.482 e. The molecule has 0 unspecified atom stereocenters. The second-order valence-corrected chi connectivity index (χ2v) is 9.06. The van der Waals surface area contributed by atoms with Crippen molar-refractivity contribution >= 4 is 39.1 Å². The van der Waals surface area contributed by atoms with Gasteiger partial charge in [0, 0.05) is 19.7 Å². The maximum Gasteiger partial charge on any atom is 0.262 e. The smallest absolute Gasteiger partial charge is 0.262 e. The number of nitrogens with zero attached hydrogens (tertiary/aromatic N) is 1. The summed E-state index contributed by atoms with van der Waals surface area (Å²) in [7, 11) is -2.76. The Bertz CT molecular complexity index is 1050. The van der Waals surface area contributed by atoms with Gasteiger partial charge in [-0.25, -0.2) is 8.42 Å². The number of rotatable bonds is 6. The minimum absolute atomic E-state index is 0.0820. The van der Waals surface area contributed by atoms with Crippen molar-refractivity contribution in [3.8, 4) is 5.75 Å². The number of carbonyl (C=O) groups is 2. The Morgan fingerprint density at radius 2 is 1.97 bits per heavy atom. The van der Waals surface area contributed by atoms with Gasteiger partial charge in [0.1, 0.15) is 10.6 Å². The molecule has 0 radical (unpaired) electrons. The summed E-state index contributed by atoms with van der Waals surface area (Å²) < 4.78 is 31.9. The number of ether oxygens (including phenoxy) is 1. The maximum absolute atomic E-state index is 12.9. The van der Waals surface area contributed by atoms with Crippen molar-refractivity contribution in [2.75, 3.05) is 25.5 Å². The molecule has 1 heterocycles. The number of hydrogen-bond acceptors (Lipinski definition) is 5. The number of anilines is 1. The van der Waals surface area contributed by atoms with Crippen molar-refractivity contribution in [1.82, 2.24) is 9.62 Å². The van der Waals surface area contributed by atoms with Crippen LogP contribution in [0.15, 0.2) is 41.3 Å². The highest BCUT2D eigenvalue weighted by atomic mass is 35.5. The van der Waals surface area contributed by atoms with Gasteiger partial charge in [0.05, 0.1) is 17.3 Å². The Morgan fingerprint density at radius 1 is 1.28 bits per heavy atom. The van der Waals surface area contributed by atoms with Crippen molar-refractivity contribution < 1.29 is 22.7 Å². The molecule has 29 heavy (non-hydrogen) atoms. The van der Waals surface area contributed by atoms with Crippen LogP contribution in [0.3, 0.4) is 0 Å². The number of hydrogen-bond donors (Lipinski definition) is 2. The van der Waals surface area contributed by atoms with E-state index in [1.165, 1.54) is 19.2 Å². The summed E-state index contributed by atoms with van der Waals surface area (Å²) in [5, 5.41) is 5.17. The van der Waals surface area contributed by atoms with Gasteiger partial charge < -0.3 is 15.4 Å². The van der Waals surface area contributed by atoms with Crippen LogP contribution in [0.5, 0.6) is 5.75 Å². The third-order valence-corrected chi connectivity index (χ3v) is 6.60. The fourth-order valence-electron chi connectivity index (χ4n) is 2.70. The third-order valence-electron chi connectivity index (χ3n) is 4.33. The molecule has 0 spiro atoms. The van der Waals surface area contributed by atoms with E-state index >= 15 is 0 Å². The largest absolute Gasteiger partial charge is 0.482 e. The Balaban J connectivity index is 1.69. The molecule has 0 fully saturated rings. The molecule has 1 aliphatic heterocycles. The SMILES string of the molecule is Cc1ccc(CNC(=O)CN(C)S(=O)(=O)c2cc3c(cc2Cl)NC(=O)CO3)cc1. The topological polar surface area (TPSA) is 105 Å². The number of benzene rings is 2. The fraction of sp³-hybridized carbons (Fsp3) is 0.263. The Labute approximate surface area is 173 Å². The van der Waals surface area contributed by atoms with Crippen LogP contribution >= 0.6 is 11.6 Å². The number of aryl methyl sites for hydroxylation is 1. The van der Waals surface area contributed by atoms with Gasteiger partial charge in [-0.15, -0.1) is 0 Å². The van der Waals surface area contributed by atoms with Crippen LogP contribution in [0.1, 0.15) is 11.1 Å². The molecule has 0 bridgehead atoms. The van der Waals surface area contributed by atoms with Crippen LogP contribution in [-0.2, 0) is 26.2 Å². The lowest BCUT2D eigenvalue weighted by Gasteiger charge is -2.22. The van der Waals surface area contributed by atoms with Crippen LogP contribution in [-0.4, -0.2) is 44.7 Å². The molecular weight excluding hydrogens is 418 g/mol. The normalized spacial score (nSPS) is 13.4. The van der Waals surface area contributed by atoms with E-state index < -0.39 is 15.9 Å². The number of sulfonamides is 1. The molecule has 0 aromatic heterocycles. The summed E-state index contributed by atoms with van der Waals surface area (Å²) in [6, 6.07) is 10.2. The molecule has 10 heteroatoms. The molecule has 1 aliphatic rings. The van der Waals surface area contributed by atoms with Gasteiger partial charge in [-0.3, -0.25) is 9.59 Å². The fourth-order valence-corrected chi connectivity index (χ4v) is 4.34. The second kappa shape index (κ2) is 8.40. The van der Waals surface area contributed by atoms with Gasteiger partial charge in [0.15, 0.2) is 6.61 Å². The first-order chi connectivity index (χ1) is 13.7. The van der Waals surface area contributed by atoms with E-state index in [0.29, 0.717) is 12.2 Å². The number of carbonyl (C=O) groups excluding carboxylic acids is 2. The number of likely N-dealkylation sites (N-methyl/N-ethyl adjacent to an activating group) is 1. The Morgan fingerprint density at radius 3 is 2.66 bits per heavy atom. The zero-order chi connectivity index (χ0) is 21.2. The van der Waals surface area contributed by atoms with E-state index in [4.69, 9.17) is 16.3 Å². The van der Waals surface area contributed by atoms with Crippen LogP contribution in [0.25, 0.3) is 0 Å². The third kappa shape index (κ3) is 4.87. The standard InChI is InChI=1S/C19H20ClN3O5S/c1-12-3-5-13(6-4-12)9-21-18(24)10-23(2)29(26,27)17-8-16-15(7-14(17)20)22-19(25)11-28-16/h3-8H,9-11H2,1-2H3,(H,21,24)(H,22,25). The lowest BCUT2D eigenvalue weighted by atomic mass is 10.1. The quantitative estimate of drug-likeness (QED) is 0.718. The van der Waals surface area contributed by atoms with E-state index in [9.17, 15) is 18.0 Å². The second-order valence-electron chi connectivity index (χ2n) is 6.64.